The van der Waals surface area contributed by atoms with Crippen LogP contribution in [-0.2, 0) is 16.1 Å². The summed E-state index contributed by atoms with van der Waals surface area (Å²) >= 11 is 0. The number of fused-ring (bicyclic) bond motifs is 1. The van der Waals surface area contributed by atoms with Crippen LogP contribution in [0.2, 0.25) is 0 Å². The molecule has 0 spiro atoms. The smallest absolute Gasteiger partial charge is 0.246 e. The molecule has 0 bridgehead atoms. The topological polar surface area (TPSA) is 76.5 Å². The number of morpholine rings is 1. The fourth-order valence-electron chi connectivity index (χ4n) is 3.23. The SMILES string of the molecule is O=C(Cn1ncc(=O)c2ccccc21)Nc1cccc(N2CCOCC2)c1. The molecule has 27 heavy (non-hydrogen) atoms. The maximum atomic E-state index is 12.5. The molecular weight excluding hydrogens is 344 g/mol. The second-order valence-corrected chi connectivity index (χ2v) is 6.38. The van der Waals surface area contributed by atoms with Crippen molar-refractivity contribution in [3.8, 4) is 0 Å². The van der Waals surface area contributed by atoms with Crippen LogP contribution in [0.25, 0.3) is 10.9 Å². The summed E-state index contributed by atoms with van der Waals surface area (Å²) in [7, 11) is 0. The van der Waals surface area contributed by atoms with Crippen LogP contribution in [0, 0.1) is 0 Å². The average molecular weight is 364 g/mol. The molecule has 1 saturated heterocycles. The molecule has 0 aliphatic carbocycles. The van der Waals surface area contributed by atoms with Gasteiger partial charge in [0.2, 0.25) is 11.3 Å². The van der Waals surface area contributed by atoms with Gasteiger partial charge >= 0.3 is 0 Å². The highest BCUT2D eigenvalue weighted by Gasteiger charge is 2.13. The summed E-state index contributed by atoms with van der Waals surface area (Å²) in [5.74, 6) is -0.199. The van der Waals surface area contributed by atoms with Gasteiger partial charge in [0.15, 0.2) is 0 Å². The van der Waals surface area contributed by atoms with E-state index in [1.165, 1.54) is 10.9 Å². The van der Waals surface area contributed by atoms with Crippen LogP contribution in [0.3, 0.4) is 0 Å². The standard InChI is InChI=1S/C20H20N4O3/c25-19-13-21-24(18-7-2-1-6-17(18)19)14-20(26)22-15-4-3-5-16(12-15)23-8-10-27-11-9-23/h1-7,12-13H,8-11,14H2,(H,22,26). The summed E-state index contributed by atoms with van der Waals surface area (Å²) in [6, 6.07) is 14.9. The van der Waals surface area contributed by atoms with Gasteiger partial charge in [0, 0.05) is 29.9 Å². The van der Waals surface area contributed by atoms with Crippen molar-refractivity contribution in [2.45, 2.75) is 6.54 Å². The summed E-state index contributed by atoms with van der Waals surface area (Å²) in [5.41, 5.74) is 2.28. The van der Waals surface area contributed by atoms with Gasteiger partial charge < -0.3 is 15.0 Å². The minimum Gasteiger partial charge on any atom is -0.378 e. The van der Waals surface area contributed by atoms with Gasteiger partial charge in [-0.1, -0.05) is 18.2 Å². The van der Waals surface area contributed by atoms with Crippen molar-refractivity contribution in [1.82, 2.24) is 9.78 Å². The number of carbonyl (C=O) groups excluding carboxylic acids is 1. The molecule has 1 aliphatic rings. The Labute approximate surface area is 156 Å². The van der Waals surface area contributed by atoms with Crippen LogP contribution in [0.1, 0.15) is 0 Å². The molecule has 0 radical (unpaired) electrons. The molecule has 0 atom stereocenters. The molecule has 1 amide bonds. The minimum atomic E-state index is -0.199. The van der Waals surface area contributed by atoms with Crippen LogP contribution in [-0.4, -0.2) is 42.0 Å². The predicted octanol–water partition coefficient (Wildman–Crippen LogP) is 1.87. The third-order valence-corrected chi connectivity index (χ3v) is 4.56. The van der Waals surface area contributed by atoms with E-state index in [2.05, 4.69) is 15.3 Å². The molecule has 0 unspecified atom stereocenters. The van der Waals surface area contributed by atoms with E-state index in [0.29, 0.717) is 24.1 Å². The fourth-order valence-corrected chi connectivity index (χ4v) is 3.23. The normalized spacial score (nSPS) is 14.3. The second kappa shape index (κ2) is 7.59. The summed E-state index contributed by atoms with van der Waals surface area (Å²) in [4.78, 5) is 26.7. The lowest BCUT2D eigenvalue weighted by atomic mass is 10.2. The van der Waals surface area contributed by atoms with Gasteiger partial charge in [-0.05, 0) is 30.3 Å². The molecule has 138 valence electrons. The van der Waals surface area contributed by atoms with E-state index < -0.39 is 0 Å². The maximum Gasteiger partial charge on any atom is 0.246 e. The first kappa shape index (κ1) is 17.2. The molecule has 0 saturated carbocycles. The number of amides is 1. The highest BCUT2D eigenvalue weighted by atomic mass is 16.5. The summed E-state index contributed by atoms with van der Waals surface area (Å²) in [6.07, 6.45) is 1.24. The van der Waals surface area contributed by atoms with Crippen molar-refractivity contribution in [2.75, 3.05) is 36.5 Å². The van der Waals surface area contributed by atoms with Crippen LogP contribution >= 0.6 is 0 Å². The first-order valence-corrected chi connectivity index (χ1v) is 8.88. The van der Waals surface area contributed by atoms with Crippen molar-refractivity contribution >= 4 is 28.2 Å². The molecule has 2 heterocycles. The quantitative estimate of drug-likeness (QED) is 0.765. The lowest BCUT2D eigenvalue weighted by Crippen LogP contribution is -2.36. The van der Waals surface area contributed by atoms with Crippen molar-refractivity contribution in [2.24, 2.45) is 0 Å². The molecular formula is C20H20N4O3. The summed E-state index contributed by atoms with van der Waals surface area (Å²) in [6.45, 7) is 3.13. The lowest BCUT2D eigenvalue weighted by molar-refractivity contribution is -0.116. The zero-order chi connectivity index (χ0) is 18.6. The molecule has 1 aliphatic heterocycles. The van der Waals surface area contributed by atoms with Gasteiger partial charge in [-0.2, -0.15) is 5.10 Å². The van der Waals surface area contributed by atoms with Gasteiger partial charge in [0.25, 0.3) is 0 Å². The Morgan fingerprint density at radius 1 is 1.11 bits per heavy atom. The number of aromatic nitrogens is 2. The van der Waals surface area contributed by atoms with Crippen LogP contribution in [0.5, 0.6) is 0 Å². The number of anilines is 2. The van der Waals surface area contributed by atoms with Crippen LogP contribution in [0.15, 0.2) is 59.5 Å². The predicted molar refractivity (Wildman–Crippen MR) is 104 cm³/mol. The minimum absolute atomic E-state index is 0.0303. The fraction of sp³-hybridized carbons (Fsp3) is 0.250. The van der Waals surface area contributed by atoms with E-state index in [4.69, 9.17) is 4.74 Å². The highest BCUT2D eigenvalue weighted by Crippen LogP contribution is 2.20. The molecule has 7 heteroatoms. The number of rotatable bonds is 4. The monoisotopic (exact) mass is 364 g/mol. The summed E-state index contributed by atoms with van der Waals surface area (Å²) < 4.78 is 6.92. The van der Waals surface area contributed by atoms with E-state index in [-0.39, 0.29) is 17.9 Å². The van der Waals surface area contributed by atoms with Crippen molar-refractivity contribution in [3.63, 3.8) is 0 Å². The molecule has 1 aromatic heterocycles. The molecule has 1 N–H and O–H groups in total. The first-order valence-electron chi connectivity index (χ1n) is 8.88. The van der Waals surface area contributed by atoms with E-state index in [9.17, 15) is 9.59 Å². The van der Waals surface area contributed by atoms with Crippen molar-refractivity contribution in [3.05, 3.63) is 65.0 Å². The van der Waals surface area contributed by atoms with Crippen molar-refractivity contribution in [1.29, 1.82) is 0 Å². The third kappa shape index (κ3) is 3.83. The Morgan fingerprint density at radius 2 is 1.93 bits per heavy atom. The zero-order valence-electron chi connectivity index (χ0n) is 14.8. The van der Waals surface area contributed by atoms with E-state index >= 15 is 0 Å². The molecule has 3 aromatic rings. The van der Waals surface area contributed by atoms with Crippen LogP contribution in [0.4, 0.5) is 11.4 Å². The third-order valence-electron chi connectivity index (χ3n) is 4.56. The van der Waals surface area contributed by atoms with Gasteiger partial charge in [0.1, 0.15) is 6.54 Å². The number of nitrogens with zero attached hydrogens (tertiary/aromatic N) is 3. The lowest BCUT2D eigenvalue weighted by Gasteiger charge is -2.29. The average Bonchev–Trinajstić information content (AvgIpc) is 2.71. The zero-order valence-corrected chi connectivity index (χ0v) is 14.8. The first-order chi connectivity index (χ1) is 13.2. The van der Waals surface area contributed by atoms with E-state index in [0.717, 1.165) is 24.5 Å². The Morgan fingerprint density at radius 3 is 2.78 bits per heavy atom. The van der Waals surface area contributed by atoms with Crippen LogP contribution < -0.4 is 15.6 Å². The van der Waals surface area contributed by atoms with Crippen molar-refractivity contribution < 1.29 is 9.53 Å². The number of ether oxygens (including phenoxy) is 1. The molecule has 4 rings (SSSR count). The van der Waals surface area contributed by atoms with Gasteiger partial charge in [0.05, 0.1) is 24.9 Å². The van der Waals surface area contributed by atoms with E-state index in [1.54, 1.807) is 18.2 Å². The number of hydrogen-bond acceptors (Lipinski definition) is 5. The molecule has 2 aromatic carbocycles. The molecule has 1 fully saturated rings. The Balaban J connectivity index is 1.50. The highest BCUT2D eigenvalue weighted by molar-refractivity contribution is 5.92. The second-order valence-electron chi connectivity index (χ2n) is 6.38. The number of hydrogen-bond donors (Lipinski definition) is 1. The number of para-hydroxylation sites is 1. The Bertz CT molecular complexity index is 1020. The summed E-state index contributed by atoms with van der Waals surface area (Å²) in [5, 5.41) is 7.56. The van der Waals surface area contributed by atoms with Gasteiger partial charge in [-0.25, -0.2) is 0 Å². The Hall–Kier alpha value is -3.19. The van der Waals surface area contributed by atoms with Gasteiger partial charge in [-0.3, -0.25) is 14.3 Å². The maximum absolute atomic E-state index is 12.5. The largest absolute Gasteiger partial charge is 0.378 e. The number of benzene rings is 2. The Kier molecular flexibility index (Phi) is 4.84. The number of nitrogens with one attached hydrogen (secondary N) is 1. The van der Waals surface area contributed by atoms with E-state index in [1.807, 2.05) is 30.3 Å². The molecule has 7 nitrogen and oxygen atoms in total. The van der Waals surface area contributed by atoms with Gasteiger partial charge in [-0.15, -0.1) is 0 Å². The number of carbonyl (C=O) groups is 1.